The molecule has 0 aliphatic heterocycles. The third-order valence-corrected chi connectivity index (χ3v) is 2.67. The van der Waals surface area contributed by atoms with Gasteiger partial charge in [-0.2, -0.15) is 5.10 Å². The van der Waals surface area contributed by atoms with Crippen LogP contribution in [0.4, 0.5) is 0 Å². The van der Waals surface area contributed by atoms with E-state index in [4.69, 9.17) is 16.3 Å². The number of amides is 1. The number of H-pyrrole nitrogens is 1. The highest BCUT2D eigenvalue weighted by Crippen LogP contribution is 2.17. The third-order valence-electron chi connectivity index (χ3n) is 2.44. The lowest BCUT2D eigenvalue weighted by molar-refractivity contribution is -0.132. The standard InChI is InChI=1S/C12H13ClN4O2/c1-17(6-11-14-8-15-16-11)12(18)7-19-10-4-2-3-9(13)5-10/h2-5,8H,6-7H2,1H3,(H,14,15,16). The van der Waals surface area contributed by atoms with Crippen molar-refractivity contribution in [3.05, 3.63) is 41.4 Å². The van der Waals surface area contributed by atoms with Crippen molar-refractivity contribution < 1.29 is 9.53 Å². The fourth-order valence-electron chi connectivity index (χ4n) is 1.43. The van der Waals surface area contributed by atoms with E-state index in [2.05, 4.69) is 15.2 Å². The minimum Gasteiger partial charge on any atom is -0.484 e. The lowest BCUT2D eigenvalue weighted by Gasteiger charge is -2.15. The van der Waals surface area contributed by atoms with Gasteiger partial charge in [0.1, 0.15) is 17.9 Å². The molecule has 0 bridgehead atoms. The van der Waals surface area contributed by atoms with Crippen molar-refractivity contribution in [1.82, 2.24) is 20.1 Å². The monoisotopic (exact) mass is 280 g/mol. The summed E-state index contributed by atoms with van der Waals surface area (Å²) in [6, 6.07) is 6.91. The van der Waals surface area contributed by atoms with Gasteiger partial charge < -0.3 is 9.64 Å². The third kappa shape index (κ3) is 3.96. The van der Waals surface area contributed by atoms with Crippen molar-refractivity contribution >= 4 is 17.5 Å². The Labute approximate surface area is 115 Å². The maximum atomic E-state index is 11.8. The Hall–Kier alpha value is -2.08. The van der Waals surface area contributed by atoms with E-state index < -0.39 is 0 Å². The second kappa shape index (κ2) is 6.19. The van der Waals surface area contributed by atoms with Gasteiger partial charge in [-0.3, -0.25) is 9.89 Å². The molecule has 0 fully saturated rings. The number of carbonyl (C=O) groups excluding carboxylic acids is 1. The highest BCUT2D eigenvalue weighted by Gasteiger charge is 2.11. The highest BCUT2D eigenvalue weighted by atomic mass is 35.5. The topological polar surface area (TPSA) is 71.1 Å². The molecule has 0 saturated carbocycles. The van der Waals surface area contributed by atoms with Crippen molar-refractivity contribution in [2.75, 3.05) is 13.7 Å². The zero-order valence-corrected chi connectivity index (χ0v) is 11.1. The van der Waals surface area contributed by atoms with Crippen LogP contribution in [0.25, 0.3) is 0 Å². The summed E-state index contributed by atoms with van der Waals surface area (Å²) in [6.45, 7) is 0.308. The maximum absolute atomic E-state index is 11.8. The highest BCUT2D eigenvalue weighted by molar-refractivity contribution is 6.30. The van der Waals surface area contributed by atoms with Crippen LogP contribution in [0.1, 0.15) is 5.82 Å². The smallest absolute Gasteiger partial charge is 0.260 e. The van der Waals surface area contributed by atoms with Crippen molar-refractivity contribution in [1.29, 1.82) is 0 Å². The Morgan fingerprint density at radius 2 is 2.37 bits per heavy atom. The van der Waals surface area contributed by atoms with Gasteiger partial charge in [-0.05, 0) is 18.2 Å². The molecular weight excluding hydrogens is 268 g/mol. The summed E-state index contributed by atoms with van der Waals surface area (Å²) in [6.07, 6.45) is 1.40. The second-order valence-electron chi connectivity index (χ2n) is 3.93. The average molecular weight is 281 g/mol. The van der Waals surface area contributed by atoms with Crippen LogP contribution < -0.4 is 4.74 Å². The van der Waals surface area contributed by atoms with Gasteiger partial charge in [0.2, 0.25) is 0 Å². The molecule has 19 heavy (non-hydrogen) atoms. The number of halogens is 1. The number of likely N-dealkylation sites (N-methyl/N-ethyl adjacent to an activating group) is 1. The molecule has 1 N–H and O–H groups in total. The van der Waals surface area contributed by atoms with Crippen LogP contribution in [0.15, 0.2) is 30.6 Å². The van der Waals surface area contributed by atoms with Crippen LogP contribution in [-0.2, 0) is 11.3 Å². The van der Waals surface area contributed by atoms with Crippen LogP contribution in [0, 0.1) is 0 Å². The summed E-state index contributed by atoms with van der Waals surface area (Å²) in [5, 5.41) is 6.98. The lowest BCUT2D eigenvalue weighted by atomic mass is 10.3. The molecule has 0 unspecified atom stereocenters. The first-order valence-corrected chi connectivity index (χ1v) is 5.99. The number of aromatic amines is 1. The average Bonchev–Trinajstić information content (AvgIpc) is 2.89. The summed E-state index contributed by atoms with van der Waals surface area (Å²) < 4.78 is 5.37. The van der Waals surface area contributed by atoms with Crippen LogP contribution in [0.3, 0.4) is 0 Å². The van der Waals surface area contributed by atoms with E-state index in [0.29, 0.717) is 23.1 Å². The number of ether oxygens (including phenoxy) is 1. The normalized spacial score (nSPS) is 10.2. The van der Waals surface area contributed by atoms with Crippen LogP contribution >= 0.6 is 11.6 Å². The molecule has 1 heterocycles. The molecule has 2 aromatic rings. The second-order valence-corrected chi connectivity index (χ2v) is 4.36. The summed E-state index contributed by atoms with van der Waals surface area (Å²) in [4.78, 5) is 17.3. The van der Waals surface area contributed by atoms with Crippen LogP contribution in [0.2, 0.25) is 5.02 Å². The molecular formula is C12H13ClN4O2. The van der Waals surface area contributed by atoms with Gasteiger partial charge in [0.15, 0.2) is 6.61 Å². The van der Waals surface area contributed by atoms with E-state index in [-0.39, 0.29) is 12.5 Å². The molecule has 1 amide bonds. The molecule has 0 radical (unpaired) electrons. The van der Waals surface area contributed by atoms with Gasteiger partial charge in [-0.25, -0.2) is 4.98 Å². The molecule has 0 atom stereocenters. The molecule has 0 aliphatic rings. The summed E-state index contributed by atoms with van der Waals surface area (Å²) >= 11 is 5.82. The SMILES string of the molecule is CN(Cc1ncn[nH]1)C(=O)COc1cccc(Cl)c1. The van der Waals surface area contributed by atoms with Crippen molar-refractivity contribution in [3.63, 3.8) is 0 Å². The Morgan fingerprint density at radius 1 is 1.53 bits per heavy atom. The molecule has 100 valence electrons. The molecule has 0 saturated heterocycles. The number of aromatic nitrogens is 3. The van der Waals surface area contributed by atoms with Gasteiger partial charge >= 0.3 is 0 Å². The van der Waals surface area contributed by atoms with Gasteiger partial charge in [0.25, 0.3) is 5.91 Å². The molecule has 7 heteroatoms. The summed E-state index contributed by atoms with van der Waals surface area (Å²) in [7, 11) is 1.67. The predicted molar refractivity (Wildman–Crippen MR) is 69.8 cm³/mol. The number of hydrogen-bond donors (Lipinski definition) is 1. The van der Waals surface area contributed by atoms with E-state index >= 15 is 0 Å². The molecule has 1 aromatic carbocycles. The lowest BCUT2D eigenvalue weighted by Crippen LogP contribution is -2.31. The number of carbonyl (C=O) groups is 1. The zero-order valence-electron chi connectivity index (χ0n) is 10.3. The predicted octanol–water partition coefficient (Wildman–Crippen LogP) is 1.50. The first-order chi connectivity index (χ1) is 9.15. The minimum absolute atomic E-state index is 0.0506. The first kappa shape index (κ1) is 13.4. The fraction of sp³-hybridized carbons (Fsp3) is 0.250. The number of benzene rings is 1. The quantitative estimate of drug-likeness (QED) is 0.901. The van der Waals surface area contributed by atoms with Gasteiger partial charge in [-0.1, -0.05) is 17.7 Å². The number of nitrogens with zero attached hydrogens (tertiary/aromatic N) is 3. The Balaban J connectivity index is 1.84. The Kier molecular flexibility index (Phi) is 4.35. The minimum atomic E-state index is -0.156. The van der Waals surface area contributed by atoms with Crippen LogP contribution in [0.5, 0.6) is 5.75 Å². The van der Waals surface area contributed by atoms with Crippen molar-refractivity contribution in [2.45, 2.75) is 6.54 Å². The molecule has 0 aliphatic carbocycles. The Morgan fingerprint density at radius 3 is 3.05 bits per heavy atom. The zero-order chi connectivity index (χ0) is 13.7. The first-order valence-electron chi connectivity index (χ1n) is 5.62. The van der Waals surface area contributed by atoms with Gasteiger partial charge in [0.05, 0.1) is 6.54 Å². The fourth-order valence-corrected chi connectivity index (χ4v) is 1.61. The van der Waals surface area contributed by atoms with Crippen molar-refractivity contribution in [2.24, 2.45) is 0 Å². The van der Waals surface area contributed by atoms with Crippen LogP contribution in [-0.4, -0.2) is 39.6 Å². The molecule has 0 spiro atoms. The largest absolute Gasteiger partial charge is 0.484 e. The Bertz CT molecular complexity index is 544. The van der Waals surface area contributed by atoms with E-state index in [1.807, 2.05) is 0 Å². The molecule has 2 rings (SSSR count). The van der Waals surface area contributed by atoms with E-state index in [0.717, 1.165) is 0 Å². The number of nitrogens with one attached hydrogen (secondary N) is 1. The maximum Gasteiger partial charge on any atom is 0.260 e. The summed E-state index contributed by atoms with van der Waals surface area (Å²) in [5.41, 5.74) is 0. The summed E-state index contributed by atoms with van der Waals surface area (Å²) in [5.74, 6) is 1.03. The van der Waals surface area contributed by atoms with Crippen molar-refractivity contribution in [3.8, 4) is 5.75 Å². The molecule has 6 nitrogen and oxygen atoms in total. The molecule has 1 aromatic heterocycles. The van der Waals surface area contributed by atoms with Gasteiger partial charge in [0, 0.05) is 12.1 Å². The number of rotatable bonds is 5. The van der Waals surface area contributed by atoms with E-state index in [9.17, 15) is 4.79 Å². The number of hydrogen-bond acceptors (Lipinski definition) is 4. The van der Waals surface area contributed by atoms with E-state index in [1.165, 1.54) is 11.2 Å². The van der Waals surface area contributed by atoms with Gasteiger partial charge in [-0.15, -0.1) is 0 Å². The van der Waals surface area contributed by atoms with E-state index in [1.54, 1.807) is 31.3 Å².